The zero-order valence-electron chi connectivity index (χ0n) is 20.9. The molecule has 0 aromatic heterocycles. The number of anilines is 1. The van der Waals surface area contributed by atoms with Crippen molar-refractivity contribution in [2.45, 2.75) is 57.7 Å². The van der Waals surface area contributed by atoms with Gasteiger partial charge in [-0.1, -0.05) is 61.7 Å². The van der Waals surface area contributed by atoms with Crippen molar-refractivity contribution in [1.29, 1.82) is 0 Å². The van der Waals surface area contributed by atoms with E-state index < -0.39 is 28.5 Å². The van der Waals surface area contributed by atoms with Gasteiger partial charge in [-0.25, -0.2) is 8.42 Å². The predicted octanol–water partition coefficient (Wildman–Crippen LogP) is 3.98. The second-order valence-electron chi connectivity index (χ2n) is 8.97. The number of nitrogens with zero attached hydrogens (tertiary/aromatic N) is 2. The molecule has 1 fully saturated rings. The molecule has 10 heteroatoms. The summed E-state index contributed by atoms with van der Waals surface area (Å²) in [4.78, 5) is 28.5. The minimum absolute atomic E-state index is 0.0681. The Hall–Kier alpha value is -2.78. The van der Waals surface area contributed by atoms with Gasteiger partial charge in [-0.15, -0.1) is 0 Å². The highest BCUT2D eigenvalue weighted by Crippen LogP contribution is 2.30. The molecule has 0 aliphatic heterocycles. The van der Waals surface area contributed by atoms with E-state index in [0.29, 0.717) is 22.8 Å². The number of carbonyl (C=O) groups excluding carboxylic acids is 2. The minimum atomic E-state index is -3.85. The van der Waals surface area contributed by atoms with Gasteiger partial charge in [0.25, 0.3) is 0 Å². The summed E-state index contributed by atoms with van der Waals surface area (Å²) in [6.07, 6.45) is 5.35. The van der Waals surface area contributed by atoms with E-state index >= 15 is 0 Å². The average Bonchev–Trinajstić information content (AvgIpc) is 3.35. The van der Waals surface area contributed by atoms with E-state index in [-0.39, 0.29) is 24.2 Å². The van der Waals surface area contributed by atoms with Gasteiger partial charge in [-0.3, -0.25) is 13.9 Å². The van der Waals surface area contributed by atoms with Gasteiger partial charge < -0.3 is 15.0 Å². The lowest BCUT2D eigenvalue weighted by Gasteiger charge is -2.33. The number of ether oxygens (including phenoxy) is 1. The summed E-state index contributed by atoms with van der Waals surface area (Å²) in [6.45, 7) is 1.41. The normalized spacial score (nSPS) is 14.8. The number of benzene rings is 2. The quantitative estimate of drug-likeness (QED) is 0.469. The number of sulfonamides is 1. The largest absolute Gasteiger partial charge is 0.495 e. The molecule has 1 aliphatic rings. The van der Waals surface area contributed by atoms with E-state index in [1.165, 1.54) is 12.0 Å². The maximum atomic E-state index is 13.8. The van der Waals surface area contributed by atoms with E-state index in [4.69, 9.17) is 16.3 Å². The second-order valence-corrected chi connectivity index (χ2v) is 11.3. The molecule has 2 aromatic carbocycles. The molecule has 36 heavy (non-hydrogen) atoms. The van der Waals surface area contributed by atoms with Crippen LogP contribution in [0.2, 0.25) is 5.02 Å². The monoisotopic (exact) mass is 535 g/mol. The molecular weight excluding hydrogens is 502 g/mol. The van der Waals surface area contributed by atoms with Crippen molar-refractivity contribution in [3.8, 4) is 5.75 Å². The molecule has 2 aromatic rings. The number of methoxy groups -OCH3 is 1. The maximum absolute atomic E-state index is 13.8. The van der Waals surface area contributed by atoms with Gasteiger partial charge in [-0.05, 0) is 43.0 Å². The summed E-state index contributed by atoms with van der Waals surface area (Å²) in [7, 11) is -2.42. The Balaban J connectivity index is 1.96. The summed E-state index contributed by atoms with van der Waals surface area (Å²) < 4.78 is 31.9. The lowest BCUT2D eigenvalue weighted by molar-refractivity contribution is -0.140. The van der Waals surface area contributed by atoms with Gasteiger partial charge in [0.2, 0.25) is 21.8 Å². The smallest absolute Gasteiger partial charge is 0.244 e. The van der Waals surface area contributed by atoms with Crippen LogP contribution in [-0.2, 0) is 26.2 Å². The van der Waals surface area contributed by atoms with Crippen LogP contribution in [0.3, 0.4) is 0 Å². The van der Waals surface area contributed by atoms with Crippen LogP contribution < -0.4 is 14.4 Å². The fraction of sp³-hybridized carbons (Fsp3) is 0.462. The maximum Gasteiger partial charge on any atom is 0.244 e. The second kappa shape index (κ2) is 12.5. The molecule has 2 amide bonds. The highest BCUT2D eigenvalue weighted by atomic mass is 35.5. The van der Waals surface area contributed by atoms with Crippen LogP contribution in [-0.4, -0.2) is 57.1 Å². The molecule has 1 saturated carbocycles. The first kappa shape index (κ1) is 27.8. The molecule has 8 nitrogen and oxygen atoms in total. The topological polar surface area (TPSA) is 96.0 Å². The van der Waals surface area contributed by atoms with Crippen LogP contribution in [0.15, 0.2) is 48.5 Å². The number of nitrogens with one attached hydrogen (secondary N) is 1. The van der Waals surface area contributed by atoms with Crippen molar-refractivity contribution >= 4 is 39.1 Å². The molecule has 0 bridgehead atoms. The first-order chi connectivity index (χ1) is 17.2. The summed E-state index contributed by atoms with van der Waals surface area (Å²) in [6, 6.07) is 13.0. The Kier molecular flexibility index (Phi) is 9.62. The Morgan fingerprint density at radius 1 is 1.11 bits per heavy atom. The number of rotatable bonds is 11. The minimum Gasteiger partial charge on any atom is -0.495 e. The fourth-order valence-corrected chi connectivity index (χ4v) is 5.58. The van der Waals surface area contributed by atoms with Crippen molar-refractivity contribution in [3.05, 3.63) is 59.1 Å². The molecule has 1 unspecified atom stereocenters. The van der Waals surface area contributed by atoms with E-state index in [1.54, 1.807) is 48.5 Å². The third-order valence-corrected chi connectivity index (χ3v) is 7.91. The van der Waals surface area contributed by atoms with Gasteiger partial charge in [-0.2, -0.15) is 0 Å². The Morgan fingerprint density at radius 2 is 1.75 bits per heavy atom. The highest BCUT2D eigenvalue weighted by Gasteiger charge is 2.33. The first-order valence-corrected chi connectivity index (χ1v) is 14.3. The lowest BCUT2D eigenvalue weighted by atomic mass is 10.1. The number of carbonyl (C=O) groups is 2. The van der Waals surface area contributed by atoms with E-state index in [1.807, 2.05) is 6.92 Å². The Bertz CT molecular complexity index is 1170. The first-order valence-electron chi connectivity index (χ1n) is 12.1. The van der Waals surface area contributed by atoms with E-state index in [0.717, 1.165) is 36.2 Å². The molecule has 0 saturated heterocycles. The number of hydrogen-bond donors (Lipinski definition) is 1. The van der Waals surface area contributed by atoms with Crippen LogP contribution in [0.1, 0.15) is 44.6 Å². The molecular formula is C26H34ClN3O5S. The average molecular weight is 536 g/mol. The predicted molar refractivity (Wildman–Crippen MR) is 142 cm³/mol. The molecule has 0 radical (unpaired) electrons. The summed E-state index contributed by atoms with van der Waals surface area (Å²) in [5.41, 5.74) is 0.917. The van der Waals surface area contributed by atoms with Gasteiger partial charge in [0, 0.05) is 17.6 Å². The van der Waals surface area contributed by atoms with Crippen molar-refractivity contribution in [1.82, 2.24) is 10.2 Å². The number of para-hydroxylation sites is 2. The number of halogens is 1. The molecule has 1 N–H and O–H groups in total. The zero-order chi connectivity index (χ0) is 26.3. The van der Waals surface area contributed by atoms with Gasteiger partial charge in [0.15, 0.2) is 0 Å². The van der Waals surface area contributed by atoms with Crippen LogP contribution in [0.5, 0.6) is 5.75 Å². The highest BCUT2D eigenvalue weighted by molar-refractivity contribution is 7.92. The lowest BCUT2D eigenvalue weighted by Crippen LogP contribution is -2.53. The van der Waals surface area contributed by atoms with Crippen molar-refractivity contribution in [2.75, 3.05) is 24.2 Å². The van der Waals surface area contributed by atoms with Crippen LogP contribution >= 0.6 is 11.6 Å². The van der Waals surface area contributed by atoms with Crippen LogP contribution in [0.25, 0.3) is 0 Å². The van der Waals surface area contributed by atoms with E-state index in [2.05, 4.69) is 5.32 Å². The molecule has 1 atom stereocenters. The molecule has 0 spiro atoms. The summed E-state index contributed by atoms with van der Waals surface area (Å²) in [5, 5.41) is 3.55. The van der Waals surface area contributed by atoms with Crippen LogP contribution in [0, 0.1) is 0 Å². The standard InChI is InChI=1S/C26H34ClN3O5S/c1-4-22(26(32)28-20-12-6-7-13-20)29(17-19-11-5-8-14-21(19)27)25(31)18-30(36(3,33)34)23-15-9-10-16-24(23)35-2/h5,8-11,14-16,20,22H,4,6-7,12-13,17-18H2,1-3H3,(H,28,32). The van der Waals surface area contributed by atoms with Crippen LogP contribution in [0.4, 0.5) is 5.69 Å². The Labute approximate surface area is 218 Å². The number of amides is 2. The van der Waals surface area contributed by atoms with Crippen molar-refractivity contribution in [3.63, 3.8) is 0 Å². The molecule has 3 rings (SSSR count). The SMILES string of the molecule is CCC(C(=O)NC1CCCC1)N(Cc1ccccc1Cl)C(=O)CN(c1ccccc1OC)S(C)(=O)=O. The third kappa shape index (κ3) is 6.91. The molecule has 0 heterocycles. The van der Waals surface area contributed by atoms with E-state index in [9.17, 15) is 18.0 Å². The van der Waals surface area contributed by atoms with Gasteiger partial charge >= 0.3 is 0 Å². The zero-order valence-corrected chi connectivity index (χ0v) is 22.5. The summed E-state index contributed by atoms with van der Waals surface area (Å²) >= 11 is 6.39. The Morgan fingerprint density at radius 3 is 2.36 bits per heavy atom. The number of hydrogen-bond acceptors (Lipinski definition) is 5. The fourth-order valence-electron chi connectivity index (χ4n) is 4.53. The molecule has 196 valence electrons. The molecule has 1 aliphatic carbocycles. The van der Waals surface area contributed by atoms with Crippen molar-refractivity contribution in [2.24, 2.45) is 0 Å². The van der Waals surface area contributed by atoms with Gasteiger partial charge in [0.05, 0.1) is 19.1 Å². The van der Waals surface area contributed by atoms with Crippen molar-refractivity contribution < 1.29 is 22.7 Å². The van der Waals surface area contributed by atoms with Gasteiger partial charge in [0.1, 0.15) is 18.3 Å². The third-order valence-electron chi connectivity index (χ3n) is 6.42. The summed E-state index contributed by atoms with van der Waals surface area (Å²) in [5.74, 6) is -0.438.